The molecule has 1 aromatic heterocycles. The molecule has 0 bridgehead atoms. The standard InChI is InChI=1S/C12H19N3O3/c1-3-4-5-15(6-7-16)11-9-13-8-10(14-11)12(17)18-2/h8-9,16H,3-7H2,1-2H3. The highest BCUT2D eigenvalue weighted by Gasteiger charge is 2.12. The van der Waals surface area contributed by atoms with E-state index < -0.39 is 5.97 Å². The number of aromatic nitrogens is 2. The largest absolute Gasteiger partial charge is 0.464 e. The van der Waals surface area contributed by atoms with Gasteiger partial charge in [0.25, 0.3) is 0 Å². The Morgan fingerprint density at radius 1 is 1.44 bits per heavy atom. The minimum absolute atomic E-state index is 0.0356. The van der Waals surface area contributed by atoms with E-state index in [9.17, 15) is 4.79 Å². The lowest BCUT2D eigenvalue weighted by atomic mass is 10.3. The smallest absolute Gasteiger partial charge is 0.358 e. The molecule has 6 heteroatoms. The van der Waals surface area contributed by atoms with E-state index in [0.29, 0.717) is 12.4 Å². The van der Waals surface area contributed by atoms with E-state index in [-0.39, 0.29) is 12.3 Å². The molecule has 0 atom stereocenters. The fraction of sp³-hybridized carbons (Fsp3) is 0.583. The number of carbonyl (C=O) groups is 1. The number of unbranched alkanes of at least 4 members (excludes halogenated alkanes) is 1. The Kier molecular flexibility index (Phi) is 6.07. The number of hydrogen-bond acceptors (Lipinski definition) is 6. The second-order valence-electron chi connectivity index (χ2n) is 3.82. The lowest BCUT2D eigenvalue weighted by Crippen LogP contribution is -2.29. The van der Waals surface area contributed by atoms with Gasteiger partial charge in [-0.2, -0.15) is 0 Å². The summed E-state index contributed by atoms with van der Waals surface area (Å²) in [4.78, 5) is 21.4. The molecule has 1 N–H and O–H groups in total. The molecule has 0 spiro atoms. The minimum atomic E-state index is -0.510. The van der Waals surface area contributed by atoms with Crippen LogP contribution >= 0.6 is 0 Å². The van der Waals surface area contributed by atoms with E-state index in [1.165, 1.54) is 13.3 Å². The Labute approximate surface area is 107 Å². The molecule has 1 aromatic rings. The zero-order chi connectivity index (χ0) is 13.4. The summed E-state index contributed by atoms with van der Waals surface area (Å²) in [6.45, 7) is 3.37. The minimum Gasteiger partial charge on any atom is -0.464 e. The van der Waals surface area contributed by atoms with E-state index in [1.54, 1.807) is 6.20 Å². The van der Waals surface area contributed by atoms with Crippen LogP contribution in [-0.2, 0) is 4.74 Å². The van der Waals surface area contributed by atoms with Crippen LogP contribution in [0.25, 0.3) is 0 Å². The highest BCUT2D eigenvalue weighted by Crippen LogP contribution is 2.11. The lowest BCUT2D eigenvalue weighted by molar-refractivity contribution is 0.0593. The van der Waals surface area contributed by atoms with E-state index in [4.69, 9.17) is 5.11 Å². The van der Waals surface area contributed by atoms with Crippen molar-refractivity contribution in [2.45, 2.75) is 19.8 Å². The van der Waals surface area contributed by atoms with Crippen molar-refractivity contribution >= 4 is 11.8 Å². The summed E-state index contributed by atoms with van der Waals surface area (Å²) in [5.74, 6) is 0.0733. The monoisotopic (exact) mass is 253 g/mol. The average molecular weight is 253 g/mol. The van der Waals surface area contributed by atoms with Gasteiger partial charge >= 0.3 is 5.97 Å². The predicted molar refractivity (Wildman–Crippen MR) is 67.6 cm³/mol. The maximum Gasteiger partial charge on any atom is 0.358 e. The van der Waals surface area contributed by atoms with Crippen molar-refractivity contribution in [3.05, 3.63) is 18.1 Å². The number of anilines is 1. The number of carbonyl (C=O) groups excluding carboxylic acids is 1. The summed E-state index contributed by atoms with van der Waals surface area (Å²) in [6, 6.07) is 0. The molecule has 0 radical (unpaired) electrons. The summed E-state index contributed by atoms with van der Waals surface area (Å²) >= 11 is 0. The first-order valence-electron chi connectivity index (χ1n) is 5.99. The topological polar surface area (TPSA) is 75.5 Å². The van der Waals surface area contributed by atoms with Crippen LogP contribution in [0.1, 0.15) is 30.3 Å². The van der Waals surface area contributed by atoms with E-state index in [1.807, 2.05) is 4.90 Å². The Morgan fingerprint density at radius 3 is 2.83 bits per heavy atom. The summed E-state index contributed by atoms with van der Waals surface area (Å²) < 4.78 is 4.60. The number of hydrogen-bond donors (Lipinski definition) is 1. The lowest BCUT2D eigenvalue weighted by Gasteiger charge is -2.22. The fourth-order valence-electron chi connectivity index (χ4n) is 1.52. The molecule has 0 aromatic carbocycles. The van der Waals surface area contributed by atoms with Crippen LogP contribution in [0, 0.1) is 0 Å². The molecule has 1 rings (SSSR count). The number of rotatable bonds is 7. The van der Waals surface area contributed by atoms with Gasteiger partial charge in [-0.3, -0.25) is 4.98 Å². The molecular weight excluding hydrogens is 234 g/mol. The molecule has 0 saturated carbocycles. The van der Waals surface area contributed by atoms with Crippen LogP contribution in [0.3, 0.4) is 0 Å². The normalized spacial score (nSPS) is 10.2. The van der Waals surface area contributed by atoms with Crippen LogP contribution < -0.4 is 4.90 Å². The summed E-state index contributed by atoms with van der Waals surface area (Å²) in [5, 5.41) is 9.04. The molecular formula is C12H19N3O3. The molecule has 100 valence electrons. The van der Waals surface area contributed by atoms with Gasteiger partial charge in [0.2, 0.25) is 0 Å². The Morgan fingerprint density at radius 2 is 2.22 bits per heavy atom. The van der Waals surface area contributed by atoms with Crippen molar-refractivity contribution < 1.29 is 14.6 Å². The third-order valence-electron chi connectivity index (χ3n) is 2.49. The SMILES string of the molecule is CCCCN(CCO)c1cncc(C(=O)OC)n1. The van der Waals surface area contributed by atoms with Gasteiger partial charge in [0.15, 0.2) is 5.69 Å². The molecule has 0 aliphatic carbocycles. The molecule has 0 amide bonds. The van der Waals surface area contributed by atoms with Gasteiger partial charge in [0.1, 0.15) is 5.82 Å². The molecule has 0 unspecified atom stereocenters. The summed E-state index contributed by atoms with van der Waals surface area (Å²) in [7, 11) is 1.30. The zero-order valence-electron chi connectivity index (χ0n) is 10.8. The molecule has 18 heavy (non-hydrogen) atoms. The van der Waals surface area contributed by atoms with Crippen LogP contribution in [-0.4, -0.2) is 47.8 Å². The first kappa shape index (κ1) is 14.4. The first-order chi connectivity index (χ1) is 8.72. The van der Waals surface area contributed by atoms with Crippen molar-refractivity contribution in [2.75, 3.05) is 31.7 Å². The first-order valence-corrected chi connectivity index (χ1v) is 5.99. The Balaban J connectivity index is 2.86. The van der Waals surface area contributed by atoms with Crippen molar-refractivity contribution in [2.24, 2.45) is 0 Å². The second kappa shape index (κ2) is 7.60. The van der Waals surface area contributed by atoms with Crippen molar-refractivity contribution in [1.82, 2.24) is 9.97 Å². The van der Waals surface area contributed by atoms with Crippen molar-refractivity contribution in [3.8, 4) is 0 Å². The molecule has 6 nitrogen and oxygen atoms in total. The molecule has 0 aliphatic heterocycles. The van der Waals surface area contributed by atoms with Gasteiger partial charge in [-0.15, -0.1) is 0 Å². The van der Waals surface area contributed by atoms with Crippen molar-refractivity contribution in [1.29, 1.82) is 0 Å². The van der Waals surface area contributed by atoms with Crippen LogP contribution in [0.5, 0.6) is 0 Å². The summed E-state index contributed by atoms with van der Waals surface area (Å²) in [5.41, 5.74) is 0.175. The third kappa shape index (κ3) is 3.96. The fourth-order valence-corrected chi connectivity index (χ4v) is 1.52. The number of ether oxygens (including phenoxy) is 1. The van der Waals surface area contributed by atoms with E-state index in [0.717, 1.165) is 19.4 Å². The third-order valence-corrected chi connectivity index (χ3v) is 2.49. The van der Waals surface area contributed by atoms with Gasteiger partial charge in [-0.1, -0.05) is 13.3 Å². The number of methoxy groups -OCH3 is 1. The quantitative estimate of drug-likeness (QED) is 0.726. The Bertz CT molecular complexity index is 385. The van der Waals surface area contributed by atoms with Crippen LogP contribution in [0.2, 0.25) is 0 Å². The maximum absolute atomic E-state index is 11.4. The van der Waals surface area contributed by atoms with E-state index in [2.05, 4.69) is 21.6 Å². The Hall–Kier alpha value is -1.69. The van der Waals surface area contributed by atoms with Gasteiger partial charge in [-0.25, -0.2) is 9.78 Å². The van der Waals surface area contributed by atoms with Gasteiger partial charge in [-0.05, 0) is 6.42 Å². The number of nitrogens with zero attached hydrogens (tertiary/aromatic N) is 3. The van der Waals surface area contributed by atoms with Crippen molar-refractivity contribution in [3.63, 3.8) is 0 Å². The van der Waals surface area contributed by atoms with Crippen LogP contribution in [0.15, 0.2) is 12.4 Å². The molecule has 0 fully saturated rings. The van der Waals surface area contributed by atoms with Gasteiger partial charge in [0.05, 0.1) is 26.1 Å². The highest BCUT2D eigenvalue weighted by atomic mass is 16.5. The highest BCUT2D eigenvalue weighted by molar-refractivity contribution is 5.87. The summed E-state index contributed by atoms with van der Waals surface area (Å²) in [6.07, 6.45) is 4.99. The average Bonchev–Trinajstić information content (AvgIpc) is 2.42. The van der Waals surface area contributed by atoms with Gasteiger partial charge < -0.3 is 14.7 Å². The number of aliphatic hydroxyl groups excluding tert-OH is 1. The number of esters is 1. The zero-order valence-corrected chi connectivity index (χ0v) is 10.8. The van der Waals surface area contributed by atoms with Crippen LogP contribution in [0.4, 0.5) is 5.82 Å². The maximum atomic E-state index is 11.4. The van der Waals surface area contributed by atoms with E-state index >= 15 is 0 Å². The number of aliphatic hydroxyl groups is 1. The molecule has 0 aliphatic rings. The second-order valence-corrected chi connectivity index (χ2v) is 3.82. The molecule has 0 saturated heterocycles. The molecule has 1 heterocycles. The van der Waals surface area contributed by atoms with Gasteiger partial charge in [0, 0.05) is 13.1 Å². The predicted octanol–water partition coefficient (Wildman–Crippen LogP) is 0.862.